The summed E-state index contributed by atoms with van der Waals surface area (Å²) in [6.07, 6.45) is 3.68. The molecule has 0 bridgehead atoms. The summed E-state index contributed by atoms with van der Waals surface area (Å²) in [5.74, 6) is 0.397. The monoisotopic (exact) mass is 428 g/mol. The summed E-state index contributed by atoms with van der Waals surface area (Å²) in [4.78, 5) is 16.0. The third-order valence-corrected chi connectivity index (χ3v) is 5.24. The van der Waals surface area contributed by atoms with E-state index < -0.39 is 0 Å². The Morgan fingerprint density at radius 3 is 2.90 bits per heavy atom. The number of hydrogen-bond donors (Lipinski definition) is 1. The van der Waals surface area contributed by atoms with Crippen molar-refractivity contribution in [2.75, 3.05) is 51.3 Å². The minimum Gasteiger partial charge on any atom is -0.463 e. The minimum atomic E-state index is -0.259. The van der Waals surface area contributed by atoms with Gasteiger partial charge >= 0.3 is 6.01 Å². The van der Waals surface area contributed by atoms with Gasteiger partial charge in [0, 0.05) is 26.2 Å². The number of aromatic nitrogens is 4. The summed E-state index contributed by atoms with van der Waals surface area (Å²) in [7, 11) is 0. The first-order valence-corrected chi connectivity index (χ1v) is 10.9. The van der Waals surface area contributed by atoms with Gasteiger partial charge in [-0.25, -0.2) is 9.37 Å². The second-order valence-corrected chi connectivity index (χ2v) is 7.61. The standard InChI is InChI=1S/C22H29FN6O2/c1-2-3-11-31-22-26-20(24-7-8-28-9-12-30-13-10-28)19-21(27-22)29(16-25-19)15-17-5-4-6-18(23)14-17/h4-6,14,16H,2-3,7-13,15H2,1H3,(H,24,26,27). The molecule has 8 nitrogen and oxygen atoms in total. The third kappa shape index (κ3) is 5.68. The Kier molecular flexibility index (Phi) is 7.26. The van der Waals surface area contributed by atoms with Crippen LogP contribution in [0.25, 0.3) is 11.2 Å². The second kappa shape index (κ2) is 10.5. The van der Waals surface area contributed by atoms with Crippen molar-refractivity contribution in [1.29, 1.82) is 0 Å². The molecule has 1 aliphatic heterocycles. The molecule has 0 atom stereocenters. The van der Waals surface area contributed by atoms with Crippen LogP contribution in [0.15, 0.2) is 30.6 Å². The molecule has 3 heterocycles. The Hall–Kier alpha value is -2.78. The van der Waals surface area contributed by atoms with Crippen LogP contribution in [0.4, 0.5) is 10.2 Å². The summed E-state index contributed by atoms with van der Waals surface area (Å²) >= 11 is 0. The summed E-state index contributed by atoms with van der Waals surface area (Å²) < 4.78 is 26.7. The molecule has 4 rings (SSSR count). The molecule has 3 aromatic rings. The highest BCUT2D eigenvalue weighted by Crippen LogP contribution is 2.23. The van der Waals surface area contributed by atoms with Crippen LogP contribution in [0.2, 0.25) is 0 Å². The van der Waals surface area contributed by atoms with E-state index in [1.165, 1.54) is 12.1 Å². The molecule has 0 amide bonds. The van der Waals surface area contributed by atoms with Crippen molar-refractivity contribution < 1.29 is 13.9 Å². The first kappa shape index (κ1) is 21.5. The fraction of sp³-hybridized carbons (Fsp3) is 0.500. The van der Waals surface area contributed by atoms with Gasteiger partial charge in [-0.1, -0.05) is 25.5 Å². The molecule has 1 aromatic carbocycles. The number of unbranched alkanes of at least 4 members (excludes halogenated alkanes) is 1. The number of hydrogen-bond acceptors (Lipinski definition) is 7. The van der Waals surface area contributed by atoms with Crippen LogP contribution < -0.4 is 10.1 Å². The number of nitrogens with zero attached hydrogens (tertiary/aromatic N) is 5. The third-order valence-electron chi connectivity index (χ3n) is 5.24. The van der Waals surface area contributed by atoms with E-state index in [4.69, 9.17) is 9.47 Å². The average Bonchev–Trinajstić information content (AvgIpc) is 3.17. The Morgan fingerprint density at radius 2 is 2.10 bits per heavy atom. The van der Waals surface area contributed by atoms with Gasteiger partial charge < -0.3 is 19.4 Å². The number of fused-ring (bicyclic) bond motifs is 1. The van der Waals surface area contributed by atoms with Crippen LogP contribution in [0.3, 0.4) is 0 Å². The van der Waals surface area contributed by atoms with Crippen molar-refractivity contribution in [2.45, 2.75) is 26.3 Å². The van der Waals surface area contributed by atoms with Crippen molar-refractivity contribution >= 4 is 17.0 Å². The number of ether oxygens (including phenoxy) is 2. The quantitative estimate of drug-likeness (QED) is 0.498. The van der Waals surface area contributed by atoms with Gasteiger partial charge in [-0.15, -0.1) is 0 Å². The van der Waals surface area contributed by atoms with Crippen LogP contribution in [-0.2, 0) is 11.3 Å². The SMILES string of the molecule is CCCCOc1nc(NCCN2CCOCC2)c2ncn(Cc3cccc(F)c3)c2n1. The van der Waals surface area contributed by atoms with E-state index in [2.05, 4.69) is 32.1 Å². The smallest absolute Gasteiger partial charge is 0.320 e. The average molecular weight is 429 g/mol. The van der Waals surface area contributed by atoms with Gasteiger partial charge in [0.15, 0.2) is 17.0 Å². The number of anilines is 1. The van der Waals surface area contributed by atoms with Gasteiger partial charge in [-0.2, -0.15) is 9.97 Å². The minimum absolute atomic E-state index is 0.259. The van der Waals surface area contributed by atoms with Gasteiger partial charge in [-0.3, -0.25) is 4.90 Å². The lowest BCUT2D eigenvalue weighted by atomic mass is 10.2. The molecule has 0 spiro atoms. The van der Waals surface area contributed by atoms with Crippen LogP contribution in [0.1, 0.15) is 25.3 Å². The van der Waals surface area contributed by atoms with Gasteiger partial charge in [-0.05, 0) is 24.1 Å². The van der Waals surface area contributed by atoms with Gasteiger partial charge in [0.25, 0.3) is 0 Å². The van der Waals surface area contributed by atoms with E-state index in [1.807, 2.05) is 10.6 Å². The molecular formula is C22H29FN6O2. The van der Waals surface area contributed by atoms with Crippen molar-refractivity contribution in [3.05, 3.63) is 42.0 Å². The Morgan fingerprint density at radius 1 is 1.23 bits per heavy atom. The molecule has 0 aliphatic carbocycles. The number of benzene rings is 1. The van der Waals surface area contributed by atoms with E-state index in [1.54, 1.807) is 12.4 Å². The van der Waals surface area contributed by atoms with Crippen LogP contribution in [0, 0.1) is 5.82 Å². The molecule has 0 radical (unpaired) electrons. The van der Waals surface area contributed by atoms with Gasteiger partial charge in [0.05, 0.1) is 32.7 Å². The van der Waals surface area contributed by atoms with Gasteiger partial charge in [0.2, 0.25) is 0 Å². The Balaban J connectivity index is 1.54. The number of rotatable bonds is 10. The molecule has 1 fully saturated rings. The van der Waals surface area contributed by atoms with E-state index >= 15 is 0 Å². The van der Waals surface area contributed by atoms with E-state index in [9.17, 15) is 4.39 Å². The summed E-state index contributed by atoms with van der Waals surface area (Å²) in [5.41, 5.74) is 2.19. The normalized spacial score (nSPS) is 14.8. The fourth-order valence-electron chi connectivity index (χ4n) is 3.52. The first-order valence-electron chi connectivity index (χ1n) is 10.9. The summed E-state index contributed by atoms with van der Waals surface area (Å²) in [6, 6.07) is 6.88. The highest BCUT2D eigenvalue weighted by molar-refractivity contribution is 5.83. The maximum absolute atomic E-state index is 13.6. The fourth-order valence-corrected chi connectivity index (χ4v) is 3.52. The van der Waals surface area contributed by atoms with Crippen LogP contribution >= 0.6 is 0 Å². The molecule has 1 saturated heterocycles. The zero-order valence-electron chi connectivity index (χ0n) is 17.9. The maximum Gasteiger partial charge on any atom is 0.320 e. The van der Waals surface area contributed by atoms with Crippen molar-refractivity contribution in [3.63, 3.8) is 0 Å². The Bertz CT molecular complexity index is 989. The maximum atomic E-state index is 13.6. The van der Waals surface area contributed by atoms with E-state index in [0.717, 1.165) is 57.8 Å². The number of nitrogens with one attached hydrogen (secondary N) is 1. The van der Waals surface area contributed by atoms with Crippen molar-refractivity contribution in [1.82, 2.24) is 24.4 Å². The predicted molar refractivity (Wildman–Crippen MR) is 117 cm³/mol. The molecule has 1 aliphatic rings. The zero-order valence-corrected chi connectivity index (χ0v) is 17.9. The molecule has 31 heavy (non-hydrogen) atoms. The van der Waals surface area contributed by atoms with Crippen molar-refractivity contribution in [2.24, 2.45) is 0 Å². The molecule has 166 valence electrons. The summed E-state index contributed by atoms with van der Waals surface area (Å²) in [6.45, 7) is 8.20. The zero-order chi connectivity index (χ0) is 21.5. The highest BCUT2D eigenvalue weighted by Gasteiger charge is 2.16. The van der Waals surface area contributed by atoms with E-state index in [0.29, 0.717) is 36.1 Å². The largest absolute Gasteiger partial charge is 0.463 e. The van der Waals surface area contributed by atoms with E-state index in [-0.39, 0.29) is 5.82 Å². The van der Waals surface area contributed by atoms with Gasteiger partial charge in [0.1, 0.15) is 5.82 Å². The number of morpholine rings is 1. The predicted octanol–water partition coefficient (Wildman–Crippen LogP) is 2.94. The van der Waals surface area contributed by atoms with Crippen LogP contribution in [0.5, 0.6) is 6.01 Å². The lowest BCUT2D eigenvalue weighted by Crippen LogP contribution is -2.39. The number of imidazole rings is 1. The second-order valence-electron chi connectivity index (χ2n) is 7.61. The molecule has 2 aromatic heterocycles. The van der Waals surface area contributed by atoms with Crippen LogP contribution in [-0.4, -0.2) is 70.4 Å². The summed E-state index contributed by atoms with van der Waals surface area (Å²) in [5, 5.41) is 3.40. The highest BCUT2D eigenvalue weighted by atomic mass is 19.1. The molecule has 0 unspecified atom stereocenters. The first-order chi connectivity index (χ1) is 15.2. The molecule has 1 N–H and O–H groups in total. The number of halogens is 1. The molecule has 0 saturated carbocycles. The molecule has 9 heteroatoms. The molecular weight excluding hydrogens is 399 g/mol. The topological polar surface area (TPSA) is 77.3 Å². The lowest BCUT2D eigenvalue weighted by molar-refractivity contribution is 0.0398. The Labute approximate surface area is 181 Å². The lowest BCUT2D eigenvalue weighted by Gasteiger charge is -2.26. The van der Waals surface area contributed by atoms with Crippen molar-refractivity contribution in [3.8, 4) is 6.01 Å².